The number of ether oxygens (including phenoxy) is 1. The largest absolute Gasteiger partial charge is 0.444 e. The van der Waals surface area contributed by atoms with Crippen LogP contribution in [0.1, 0.15) is 23.2 Å². The quantitative estimate of drug-likeness (QED) is 0.152. The third kappa shape index (κ3) is 7.90. The zero-order valence-electron chi connectivity index (χ0n) is 19.8. The van der Waals surface area contributed by atoms with Gasteiger partial charge in [-0.05, 0) is 48.9 Å². The van der Waals surface area contributed by atoms with Gasteiger partial charge in [0.15, 0.2) is 5.44 Å². The highest BCUT2D eigenvalue weighted by atomic mass is 32.3. The van der Waals surface area contributed by atoms with E-state index < -0.39 is 55.1 Å². The van der Waals surface area contributed by atoms with Gasteiger partial charge in [-0.3, -0.25) is 4.79 Å². The molecule has 1 atom stereocenters. The lowest BCUT2D eigenvalue weighted by Gasteiger charge is -2.22. The fourth-order valence-corrected chi connectivity index (χ4v) is 7.76. The van der Waals surface area contributed by atoms with Crippen LogP contribution < -0.4 is 0 Å². The van der Waals surface area contributed by atoms with Crippen molar-refractivity contribution in [2.24, 2.45) is 0 Å². The Morgan fingerprint density at radius 3 is 1.66 bits per heavy atom. The molecule has 0 N–H and O–H groups in total. The average Bonchev–Trinajstić information content (AvgIpc) is 2.90. The van der Waals surface area contributed by atoms with Crippen LogP contribution in [0.25, 0.3) is 0 Å². The van der Waals surface area contributed by atoms with Crippen LogP contribution in [0.2, 0.25) is 0 Å². The Morgan fingerprint density at radius 2 is 1.21 bits per heavy atom. The maximum Gasteiger partial charge on any atom is 0.444 e. The molecule has 204 valence electrons. The van der Waals surface area contributed by atoms with Crippen LogP contribution in [0, 0.1) is 0 Å². The Labute approximate surface area is 223 Å². The molecule has 0 amide bonds. The van der Waals surface area contributed by atoms with Gasteiger partial charge < -0.3 is 4.74 Å². The molecule has 0 radical (unpaired) electrons. The molecule has 7 nitrogen and oxygen atoms in total. The standard InChI is InChI=1S/C25H24F3NO6S3/c26-25(27,28)36-24(23(30)20-12-4-1-5-13-20)35-19-11-10-18-29(37(31,32)21-14-6-2-7-15-21)38(33,34)22-16-8-3-9-17-22/h1-9,12-17,24H,10-11,18-19H2/t24-/m0/s1. The van der Waals surface area contributed by atoms with Crippen LogP contribution in [0.3, 0.4) is 0 Å². The van der Waals surface area contributed by atoms with Gasteiger partial charge in [-0.2, -0.15) is 13.2 Å². The first kappa shape index (κ1) is 29.8. The Hall–Kier alpha value is -2.71. The van der Waals surface area contributed by atoms with Gasteiger partial charge in [-0.15, -0.1) is 0 Å². The lowest BCUT2D eigenvalue weighted by molar-refractivity contribution is -0.0367. The smallest absolute Gasteiger partial charge is 0.359 e. The summed E-state index contributed by atoms with van der Waals surface area (Å²) in [4.78, 5) is 12.1. The second-order valence-electron chi connectivity index (χ2n) is 7.84. The molecule has 3 aromatic carbocycles. The minimum Gasteiger partial charge on any atom is -0.359 e. The van der Waals surface area contributed by atoms with Crippen molar-refractivity contribution in [2.75, 3.05) is 13.2 Å². The summed E-state index contributed by atoms with van der Waals surface area (Å²) < 4.78 is 97.8. The molecule has 0 spiro atoms. The normalized spacial score (nSPS) is 13.4. The zero-order valence-corrected chi connectivity index (χ0v) is 22.3. The molecule has 0 aliphatic heterocycles. The van der Waals surface area contributed by atoms with Gasteiger partial charge in [0, 0.05) is 18.7 Å². The maximum atomic E-state index is 13.3. The Morgan fingerprint density at radius 1 is 0.763 bits per heavy atom. The highest BCUT2D eigenvalue weighted by Crippen LogP contribution is 2.36. The minimum atomic E-state index is -4.74. The number of unbranched alkanes of at least 4 members (excludes halogenated alkanes) is 1. The predicted molar refractivity (Wildman–Crippen MR) is 137 cm³/mol. The van der Waals surface area contributed by atoms with E-state index in [9.17, 15) is 34.8 Å². The van der Waals surface area contributed by atoms with Gasteiger partial charge in [0.1, 0.15) is 0 Å². The molecule has 0 fully saturated rings. The van der Waals surface area contributed by atoms with E-state index in [-0.39, 0.29) is 34.8 Å². The van der Waals surface area contributed by atoms with Gasteiger partial charge in [0.2, 0.25) is 5.78 Å². The molecule has 0 heterocycles. The van der Waals surface area contributed by atoms with E-state index in [2.05, 4.69) is 0 Å². The van der Waals surface area contributed by atoms with Gasteiger partial charge >= 0.3 is 5.51 Å². The number of Topliss-reactive ketones (excluding diaryl/α,β-unsaturated/α-hetero) is 1. The highest BCUT2D eigenvalue weighted by molar-refractivity contribution is 8.04. The SMILES string of the molecule is O=C(c1ccccc1)[C@@H](OCCCCN(S(=O)(=O)c1ccccc1)S(=O)(=O)c1ccccc1)SC(F)(F)F. The first-order valence-electron chi connectivity index (χ1n) is 11.3. The number of benzene rings is 3. The highest BCUT2D eigenvalue weighted by Gasteiger charge is 2.38. The summed E-state index contributed by atoms with van der Waals surface area (Å²) >= 11 is -0.602. The van der Waals surface area contributed by atoms with Crippen molar-refractivity contribution in [3.8, 4) is 0 Å². The van der Waals surface area contributed by atoms with E-state index in [1.807, 2.05) is 0 Å². The molecular formula is C25H24F3NO6S3. The number of nitrogens with zero attached hydrogens (tertiary/aromatic N) is 1. The number of hydrogen-bond donors (Lipinski definition) is 0. The van der Waals surface area contributed by atoms with E-state index in [0.29, 0.717) is 3.71 Å². The van der Waals surface area contributed by atoms with Crippen molar-refractivity contribution < 1.29 is 39.5 Å². The third-order valence-corrected chi connectivity index (χ3v) is 10.3. The molecule has 0 unspecified atom stereocenters. The van der Waals surface area contributed by atoms with E-state index >= 15 is 0 Å². The summed E-state index contributed by atoms with van der Waals surface area (Å²) in [6, 6.07) is 21.4. The van der Waals surface area contributed by atoms with Crippen LogP contribution in [0.5, 0.6) is 0 Å². The lowest BCUT2D eigenvalue weighted by atomic mass is 10.1. The number of carbonyl (C=O) groups is 1. The molecule has 0 bridgehead atoms. The van der Waals surface area contributed by atoms with Crippen molar-refractivity contribution in [2.45, 2.75) is 33.6 Å². The van der Waals surface area contributed by atoms with Crippen molar-refractivity contribution in [1.29, 1.82) is 0 Å². The van der Waals surface area contributed by atoms with Crippen LogP contribution in [-0.4, -0.2) is 50.4 Å². The average molecular weight is 588 g/mol. The Bertz CT molecular complexity index is 1330. The molecule has 13 heteroatoms. The molecule has 0 saturated carbocycles. The molecule has 3 rings (SSSR count). The van der Waals surface area contributed by atoms with E-state index in [4.69, 9.17) is 4.74 Å². The second kappa shape index (κ2) is 12.9. The molecule has 0 aromatic heterocycles. The lowest BCUT2D eigenvalue weighted by Crippen LogP contribution is -2.37. The number of sulfonamides is 2. The van der Waals surface area contributed by atoms with Gasteiger partial charge in [-0.25, -0.2) is 16.8 Å². The van der Waals surface area contributed by atoms with Crippen molar-refractivity contribution in [3.05, 3.63) is 96.6 Å². The van der Waals surface area contributed by atoms with Gasteiger partial charge in [0.05, 0.1) is 9.79 Å². The third-order valence-electron chi connectivity index (χ3n) is 5.14. The molecule has 3 aromatic rings. The number of hydrogen-bond acceptors (Lipinski definition) is 7. The predicted octanol–water partition coefficient (Wildman–Crippen LogP) is 5.33. The van der Waals surface area contributed by atoms with Crippen LogP contribution in [-0.2, 0) is 24.8 Å². The molecule has 0 saturated heterocycles. The van der Waals surface area contributed by atoms with Crippen LogP contribution >= 0.6 is 11.8 Å². The first-order chi connectivity index (χ1) is 17.9. The van der Waals surface area contributed by atoms with Crippen LogP contribution in [0.15, 0.2) is 101 Å². The maximum absolute atomic E-state index is 13.3. The summed E-state index contributed by atoms with van der Waals surface area (Å²) in [5.41, 5.74) is -6.56. The number of ketones is 1. The topological polar surface area (TPSA) is 97.8 Å². The van der Waals surface area contributed by atoms with Gasteiger partial charge in [0.25, 0.3) is 20.0 Å². The van der Waals surface area contributed by atoms with Crippen molar-refractivity contribution in [3.63, 3.8) is 0 Å². The summed E-state index contributed by atoms with van der Waals surface area (Å²) in [6.07, 6.45) is -0.0802. The van der Waals surface area contributed by atoms with Crippen molar-refractivity contribution >= 4 is 37.6 Å². The fraction of sp³-hybridized carbons (Fsp3) is 0.240. The number of alkyl halides is 3. The summed E-state index contributed by atoms with van der Waals surface area (Å²) in [6.45, 7) is -0.821. The first-order valence-corrected chi connectivity index (χ1v) is 15.0. The fourth-order valence-electron chi connectivity index (χ4n) is 3.35. The Kier molecular flexibility index (Phi) is 10.1. The van der Waals surface area contributed by atoms with Crippen molar-refractivity contribution in [1.82, 2.24) is 3.71 Å². The molecule has 0 aliphatic rings. The van der Waals surface area contributed by atoms with E-state index in [1.165, 1.54) is 72.8 Å². The van der Waals surface area contributed by atoms with Crippen LogP contribution in [0.4, 0.5) is 13.2 Å². The summed E-state index contributed by atoms with van der Waals surface area (Å²) in [5, 5.41) is 0. The van der Waals surface area contributed by atoms with E-state index in [1.54, 1.807) is 18.2 Å². The van der Waals surface area contributed by atoms with Gasteiger partial charge in [-0.1, -0.05) is 70.4 Å². The molecule has 38 heavy (non-hydrogen) atoms. The Balaban J connectivity index is 1.74. The number of halogens is 3. The summed E-state index contributed by atoms with van der Waals surface area (Å²) in [7, 11) is -8.97. The summed E-state index contributed by atoms with van der Waals surface area (Å²) in [5.74, 6) is -0.868. The minimum absolute atomic E-state index is 0.0118. The monoisotopic (exact) mass is 587 g/mol. The molecular weight excluding hydrogens is 563 g/mol. The molecule has 0 aliphatic carbocycles. The second-order valence-corrected chi connectivity index (χ2v) is 12.9. The number of carbonyl (C=O) groups excluding carboxylic acids is 1. The van der Waals surface area contributed by atoms with E-state index in [0.717, 1.165) is 0 Å². The zero-order chi connectivity index (χ0) is 27.8. The number of thioether (sulfide) groups is 1. The number of rotatable bonds is 13.